The first-order chi connectivity index (χ1) is 10.8. The minimum absolute atomic E-state index is 0.0191. The lowest BCUT2D eigenvalue weighted by Crippen LogP contribution is -2.05. The fourth-order valence-corrected chi connectivity index (χ4v) is 2.30. The van der Waals surface area contributed by atoms with Crippen molar-refractivity contribution in [3.8, 4) is 11.4 Å². The number of imidazole rings is 1. The van der Waals surface area contributed by atoms with Gasteiger partial charge in [0.15, 0.2) is 5.69 Å². The van der Waals surface area contributed by atoms with Crippen LogP contribution in [0.1, 0.15) is 34.9 Å². The first-order valence-corrected chi connectivity index (χ1v) is 6.85. The van der Waals surface area contributed by atoms with Gasteiger partial charge in [-0.25, -0.2) is 14.2 Å². The van der Waals surface area contributed by atoms with Gasteiger partial charge >= 0.3 is 12.1 Å². The highest BCUT2D eigenvalue weighted by Crippen LogP contribution is 2.41. The molecule has 1 saturated carbocycles. The van der Waals surface area contributed by atoms with Crippen molar-refractivity contribution in [3.63, 3.8) is 0 Å². The smallest absolute Gasteiger partial charge is 0.434 e. The number of ether oxygens (including phenoxy) is 1. The Labute approximate surface area is 128 Å². The predicted octanol–water partition coefficient (Wildman–Crippen LogP) is 3.83. The summed E-state index contributed by atoms with van der Waals surface area (Å²) in [4.78, 5) is 14.9. The van der Waals surface area contributed by atoms with E-state index in [-0.39, 0.29) is 23.0 Å². The molecule has 4 nitrogen and oxygen atoms in total. The Bertz CT molecular complexity index is 763. The number of nitrogens with zero attached hydrogens (tertiary/aromatic N) is 2. The number of hydrogen-bond acceptors (Lipinski definition) is 3. The average molecular weight is 328 g/mol. The summed E-state index contributed by atoms with van der Waals surface area (Å²) in [7, 11) is 1.16. The van der Waals surface area contributed by atoms with Crippen LogP contribution in [0.25, 0.3) is 11.4 Å². The van der Waals surface area contributed by atoms with Crippen molar-refractivity contribution in [2.75, 3.05) is 7.11 Å². The van der Waals surface area contributed by atoms with Crippen LogP contribution in [0, 0.1) is 5.82 Å². The maximum absolute atomic E-state index is 14.3. The topological polar surface area (TPSA) is 44.1 Å². The van der Waals surface area contributed by atoms with Crippen LogP contribution < -0.4 is 0 Å². The third-order valence-electron chi connectivity index (χ3n) is 3.59. The van der Waals surface area contributed by atoms with E-state index >= 15 is 0 Å². The standard InChI is InChI=1S/C15H12F4N2O2/c1-23-14(22)8-2-5-10(11(16)6-8)13-20-12(15(17,18)19)7-21(13)9-3-4-9/h2,5-7,9H,3-4H2,1H3. The van der Waals surface area contributed by atoms with Crippen LogP contribution in [0.2, 0.25) is 0 Å². The van der Waals surface area contributed by atoms with Gasteiger partial charge in [0.1, 0.15) is 11.6 Å². The van der Waals surface area contributed by atoms with E-state index in [1.165, 1.54) is 16.7 Å². The minimum Gasteiger partial charge on any atom is -0.465 e. The third kappa shape index (κ3) is 2.93. The van der Waals surface area contributed by atoms with Crippen LogP contribution in [-0.4, -0.2) is 22.6 Å². The number of benzene rings is 1. The van der Waals surface area contributed by atoms with Crippen molar-refractivity contribution < 1.29 is 27.1 Å². The quantitative estimate of drug-likeness (QED) is 0.635. The molecule has 23 heavy (non-hydrogen) atoms. The molecule has 3 rings (SSSR count). The summed E-state index contributed by atoms with van der Waals surface area (Å²) in [5.74, 6) is -1.64. The van der Waals surface area contributed by atoms with Crippen LogP contribution in [0.4, 0.5) is 17.6 Å². The maximum atomic E-state index is 14.3. The normalized spacial score (nSPS) is 14.8. The molecule has 0 unspecified atom stereocenters. The Balaban J connectivity index is 2.07. The summed E-state index contributed by atoms with van der Waals surface area (Å²) >= 11 is 0. The molecule has 1 fully saturated rings. The van der Waals surface area contributed by atoms with Gasteiger partial charge in [-0.2, -0.15) is 13.2 Å². The summed E-state index contributed by atoms with van der Waals surface area (Å²) in [6, 6.07) is 3.36. The lowest BCUT2D eigenvalue weighted by molar-refractivity contribution is -0.140. The molecule has 1 aromatic heterocycles. The third-order valence-corrected chi connectivity index (χ3v) is 3.59. The molecule has 0 N–H and O–H groups in total. The zero-order chi connectivity index (χ0) is 16.8. The van der Waals surface area contributed by atoms with E-state index in [9.17, 15) is 22.4 Å². The first kappa shape index (κ1) is 15.5. The molecule has 0 atom stereocenters. The van der Waals surface area contributed by atoms with E-state index in [2.05, 4.69) is 9.72 Å². The summed E-state index contributed by atoms with van der Waals surface area (Å²) in [5.41, 5.74) is -1.16. The Hall–Kier alpha value is -2.38. The van der Waals surface area contributed by atoms with Gasteiger partial charge in [0.25, 0.3) is 0 Å². The molecule has 1 aliphatic carbocycles. The van der Waals surface area contributed by atoms with Crippen LogP contribution in [0.5, 0.6) is 0 Å². The highest BCUT2D eigenvalue weighted by Gasteiger charge is 2.37. The number of methoxy groups -OCH3 is 1. The monoisotopic (exact) mass is 328 g/mol. The zero-order valence-corrected chi connectivity index (χ0v) is 12.0. The second-order valence-corrected chi connectivity index (χ2v) is 5.27. The van der Waals surface area contributed by atoms with Gasteiger partial charge in [0.2, 0.25) is 0 Å². The molecule has 0 radical (unpaired) electrons. The van der Waals surface area contributed by atoms with E-state index in [4.69, 9.17) is 0 Å². The molecular weight excluding hydrogens is 316 g/mol. The van der Waals surface area contributed by atoms with Crippen molar-refractivity contribution >= 4 is 5.97 Å². The summed E-state index contributed by atoms with van der Waals surface area (Å²) in [6.45, 7) is 0. The molecule has 0 saturated heterocycles. The van der Waals surface area contributed by atoms with E-state index < -0.39 is 23.7 Å². The number of halogens is 4. The predicted molar refractivity (Wildman–Crippen MR) is 72.2 cm³/mol. The van der Waals surface area contributed by atoms with E-state index in [1.807, 2.05) is 0 Å². The van der Waals surface area contributed by atoms with E-state index in [1.54, 1.807) is 0 Å². The number of esters is 1. The highest BCUT2D eigenvalue weighted by atomic mass is 19.4. The van der Waals surface area contributed by atoms with Crippen molar-refractivity contribution in [2.45, 2.75) is 25.1 Å². The second-order valence-electron chi connectivity index (χ2n) is 5.27. The first-order valence-electron chi connectivity index (χ1n) is 6.85. The molecule has 1 aromatic carbocycles. The lowest BCUT2D eigenvalue weighted by atomic mass is 10.1. The molecule has 0 amide bonds. The molecule has 0 spiro atoms. The van der Waals surface area contributed by atoms with Crippen molar-refractivity contribution in [1.29, 1.82) is 0 Å². The molecule has 0 bridgehead atoms. The molecule has 122 valence electrons. The molecule has 1 heterocycles. The largest absolute Gasteiger partial charge is 0.465 e. The van der Waals surface area contributed by atoms with Gasteiger partial charge in [0, 0.05) is 12.2 Å². The highest BCUT2D eigenvalue weighted by molar-refractivity contribution is 5.89. The van der Waals surface area contributed by atoms with E-state index in [0.717, 1.165) is 32.2 Å². The van der Waals surface area contributed by atoms with Gasteiger partial charge in [0.05, 0.1) is 18.2 Å². The SMILES string of the molecule is COC(=O)c1ccc(-c2nc(C(F)(F)F)cn2C2CC2)c(F)c1. The van der Waals surface area contributed by atoms with Crippen LogP contribution in [0.15, 0.2) is 24.4 Å². The Morgan fingerprint density at radius 3 is 2.57 bits per heavy atom. The fourth-order valence-electron chi connectivity index (χ4n) is 2.30. The van der Waals surface area contributed by atoms with Gasteiger partial charge in [-0.1, -0.05) is 0 Å². The number of carbonyl (C=O) groups excluding carboxylic acids is 1. The molecular formula is C15H12F4N2O2. The van der Waals surface area contributed by atoms with Crippen molar-refractivity contribution in [1.82, 2.24) is 9.55 Å². The number of rotatable bonds is 3. The van der Waals surface area contributed by atoms with Gasteiger partial charge in [-0.05, 0) is 31.0 Å². The van der Waals surface area contributed by atoms with Gasteiger partial charge in [-0.3, -0.25) is 0 Å². The number of hydrogen-bond donors (Lipinski definition) is 0. The molecule has 0 aliphatic heterocycles. The second kappa shape index (κ2) is 5.36. The van der Waals surface area contributed by atoms with Crippen LogP contribution >= 0.6 is 0 Å². The molecule has 1 aliphatic rings. The van der Waals surface area contributed by atoms with E-state index in [0.29, 0.717) is 0 Å². The molecule has 2 aromatic rings. The summed E-state index contributed by atoms with van der Waals surface area (Å²) in [6.07, 6.45) is -2.25. The van der Waals surface area contributed by atoms with Crippen molar-refractivity contribution in [2.24, 2.45) is 0 Å². The van der Waals surface area contributed by atoms with Crippen LogP contribution in [0.3, 0.4) is 0 Å². The summed E-state index contributed by atoms with van der Waals surface area (Å²) in [5, 5.41) is 0. The van der Waals surface area contributed by atoms with Gasteiger partial charge < -0.3 is 9.30 Å². The minimum atomic E-state index is -4.60. The molecule has 8 heteroatoms. The lowest BCUT2D eigenvalue weighted by Gasteiger charge is -2.08. The Morgan fingerprint density at radius 1 is 1.35 bits per heavy atom. The zero-order valence-electron chi connectivity index (χ0n) is 12.0. The van der Waals surface area contributed by atoms with Crippen LogP contribution in [-0.2, 0) is 10.9 Å². The number of carbonyl (C=O) groups is 1. The summed E-state index contributed by atoms with van der Waals surface area (Å²) < 4.78 is 58.7. The average Bonchev–Trinajstić information content (AvgIpc) is 3.24. The van der Waals surface area contributed by atoms with Crippen molar-refractivity contribution in [3.05, 3.63) is 41.5 Å². The maximum Gasteiger partial charge on any atom is 0.434 e. The Morgan fingerprint density at radius 2 is 2.04 bits per heavy atom. The number of aromatic nitrogens is 2. The fraction of sp³-hybridized carbons (Fsp3) is 0.333. The van der Waals surface area contributed by atoms with Gasteiger partial charge in [-0.15, -0.1) is 0 Å². The number of alkyl halides is 3. The Kier molecular flexibility index (Phi) is 3.62.